The largest absolute Gasteiger partial charge is 0.456 e. The van der Waals surface area contributed by atoms with Crippen molar-refractivity contribution in [2.24, 2.45) is 0 Å². The van der Waals surface area contributed by atoms with E-state index in [4.69, 9.17) is 9.15 Å². The number of furan rings is 1. The summed E-state index contributed by atoms with van der Waals surface area (Å²) >= 11 is 0. The summed E-state index contributed by atoms with van der Waals surface area (Å²) in [6.45, 7) is 0. The molecule has 2 heterocycles. The highest BCUT2D eigenvalue weighted by Gasteiger charge is 2.51. The molecule has 0 saturated heterocycles. The topological polar surface area (TPSA) is 25.6 Å². The van der Waals surface area contributed by atoms with Crippen molar-refractivity contribution in [2.45, 2.75) is 5.41 Å². The van der Waals surface area contributed by atoms with Crippen LogP contribution in [0.15, 0.2) is 217 Å². The molecule has 0 atom stereocenters. The third-order valence-electron chi connectivity index (χ3n) is 12.9. The Balaban J connectivity index is 0.990. The first-order chi connectivity index (χ1) is 29.8. The van der Waals surface area contributed by atoms with Gasteiger partial charge in [0.1, 0.15) is 22.7 Å². The van der Waals surface area contributed by atoms with E-state index >= 15 is 0 Å². The van der Waals surface area contributed by atoms with Crippen LogP contribution >= 0.6 is 0 Å². The fraction of sp³-hybridized carbons (Fsp3) is 0.0175. The highest BCUT2D eigenvalue weighted by atomic mass is 16.5. The molecule has 0 unspecified atom stereocenters. The van der Waals surface area contributed by atoms with Crippen molar-refractivity contribution in [3.8, 4) is 33.8 Å². The highest BCUT2D eigenvalue weighted by molar-refractivity contribution is 6.13. The predicted molar refractivity (Wildman–Crippen MR) is 246 cm³/mol. The number of fused-ring (bicyclic) bond motifs is 16. The number of ether oxygens (including phenoxy) is 1. The Bertz CT molecular complexity index is 3440. The fourth-order valence-electron chi connectivity index (χ4n) is 10.3. The maximum absolute atomic E-state index is 7.14. The van der Waals surface area contributed by atoms with Gasteiger partial charge in [-0.25, -0.2) is 0 Å². The molecule has 1 spiro atoms. The minimum atomic E-state index is -0.570. The van der Waals surface area contributed by atoms with E-state index < -0.39 is 5.41 Å². The molecule has 0 radical (unpaired) electrons. The molecule has 1 aliphatic carbocycles. The Hall–Kier alpha value is -7.88. The Morgan fingerprint density at radius 3 is 1.68 bits per heavy atom. The van der Waals surface area contributed by atoms with Crippen LogP contribution in [0, 0.1) is 0 Å². The average Bonchev–Trinajstić information content (AvgIpc) is 3.84. The normalized spacial score (nSPS) is 13.3. The Morgan fingerprint density at radius 1 is 0.367 bits per heavy atom. The number of benzene rings is 10. The van der Waals surface area contributed by atoms with Gasteiger partial charge in [0.2, 0.25) is 0 Å². The molecule has 280 valence electrons. The van der Waals surface area contributed by atoms with Crippen LogP contribution < -0.4 is 9.64 Å². The molecule has 1 aliphatic heterocycles. The summed E-state index contributed by atoms with van der Waals surface area (Å²) in [7, 11) is 0. The zero-order valence-electron chi connectivity index (χ0n) is 32.5. The molecule has 60 heavy (non-hydrogen) atoms. The first kappa shape index (κ1) is 33.1. The van der Waals surface area contributed by atoms with Gasteiger partial charge in [0.05, 0.1) is 16.5 Å². The van der Waals surface area contributed by atoms with Crippen LogP contribution in [0.1, 0.15) is 22.3 Å². The van der Waals surface area contributed by atoms with Crippen LogP contribution in [0.2, 0.25) is 0 Å². The average molecular weight is 766 g/mol. The lowest BCUT2D eigenvalue weighted by molar-refractivity contribution is 0.447. The van der Waals surface area contributed by atoms with Crippen molar-refractivity contribution in [1.82, 2.24) is 0 Å². The van der Waals surface area contributed by atoms with E-state index in [9.17, 15) is 0 Å². The molecule has 11 aromatic rings. The molecule has 3 heteroatoms. The molecule has 0 saturated carbocycles. The van der Waals surface area contributed by atoms with Gasteiger partial charge >= 0.3 is 0 Å². The van der Waals surface area contributed by atoms with Gasteiger partial charge < -0.3 is 14.1 Å². The molecule has 13 rings (SSSR count). The molecule has 0 fully saturated rings. The lowest BCUT2D eigenvalue weighted by Gasteiger charge is -2.40. The highest BCUT2D eigenvalue weighted by Crippen LogP contribution is 2.64. The quantitative estimate of drug-likeness (QED) is 0.178. The van der Waals surface area contributed by atoms with Crippen LogP contribution in [0.3, 0.4) is 0 Å². The van der Waals surface area contributed by atoms with Crippen LogP contribution in [0.4, 0.5) is 17.1 Å². The van der Waals surface area contributed by atoms with Gasteiger partial charge in [-0.3, -0.25) is 0 Å². The molecule has 0 bridgehead atoms. The maximum atomic E-state index is 7.14. The maximum Gasteiger partial charge on any atom is 0.140 e. The summed E-state index contributed by atoms with van der Waals surface area (Å²) in [6, 6.07) is 76.6. The third kappa shape index (κ3) is 4.54. The van der Waals surface area contributed by atoms with E-state index in [2.05, 4.69) is 205 Å². The molecule has 10 aromatic carbocycles. The minimum absolute atomic E-state index is 0.570. The molecule has 3 nitrogen and oxygen atoms in total. The Kier molecular flexibility index (Phi) is 6.93. The summed E-state index contributed by atoms with van der Waals surface area (Å²) < 4.78 is 13.5. The number of nitrogens with zero attached hydrogens (tertiary/aromatic N) is 1. The summed E-state index contributed by atoms with van der Waals surface area (Å²) in [5, 5.41) is 6.79. The van der Waals surface area contributed by atoms with E-state index in [1.165, 1.54) is 49.7 Å². The van der Waals surface area contributed by atoms with E-state index in [0.717, 1.165) is 66.8 Å². The van der Waals surface area contributed by atoms with E-state index in [1.807, 2.05) is 12.1 Å². The van der Waals surface area contributed by atoms with E-state index in [0.29, 0.717) is 0 Å². The minimum Gasteiger partial charge on any atom is -0.456 e. The van der Waals surface area contributed by atoms with Crippen molar-refractivity contribution in [2.75, 3.05) is 4.90 Å². The second kappa shape index (κ2) is 12.6. The molecular weight excluding hydrogens is 731 g/mol. The lowest BCUT2D eigenvalue weighted by Crippen LogP contribution is -2.32. The van der Waals surface area contributed by atoms with Crippen molar-refractivity contribution in [1.29, 1.82) is 0 Å². The standard InChI is InChI=1S/C57H35NO2/c1-2-15-40(16-3-1)58(51-22-12-24-53-54(51)45-20-9-11-23-52(45)59-53)41-30-25-36(26-31-41)39-29-32-48-46(35-39)44-19-8-10-21-47(44)57(48)49-33-27-37-13-4-6-17-42(37)55(49)60-56-43-18-7-5-14-38(43)28-34-50(56)57/h1-35H. The molecule has 2 aliphatic rings. The van der Waals surface area contributed by atoms with Crippen molar-refractivity contribution >= 4 is 60.5 Å². The number of anilines is 3. The molecule has 1 aromatic heterocycles. The first-order valence-corrected chi connectivity index (χ1v) is 20.6. The summed E-state index contributed by atoms with van der Waals surface area (Å²) in [5.74, 6) is 1.86. The zero-order valence-corrected chi connectivity index (χ0v) is 32.5. The van der Waals surface area contributed by atoms with Crippen molar-refractivity contribution < 1.29 is 9.15 Å². The summed E-state index contributed by atoms with van der Waals surface area (Å²) in [4.78, 5) is 2.34. The number of rotatable bonds is 4. The second-order valence-electron chi connectivity index (χ2n) is 16.0. The van der Waals surface area contributed by atoms with Crippen molar-refractivity contribution in [3.63, 3.8) is 0 Å². The smallest absolute Gasteiger partial charge is 0.140 e. The SMILES string of the molecule is c1ccc(N(c2ccc(-c3ccc4c(c3)-c3ccccc3C43c4ccc5ccccc5c4Oc4c3ccc3ccccc43)cc2)c2cccc3oc4ccccc4c23)cc1. The number of hydrogen-bond donors (Lipinski definition) is 0. The van der Waals surface area contributed by atoms with Gasteiger partial charge in [0.25, 0.3) is 0 Å². The Labute approximate surface area is 347 Å². The van der Waals surface area contributed by atoms with Gasteiger partial charge in [0, 0.05) is 38.7 Å². The lowest BCUT2D eigenvalue weighted by atomic mass is 9.65. The van der Waals surface area contributed by atoms with E-state index in [-0.39, 0.29) is 0 Å². The molecular formula is C57H35NO2. The van der Waals surface area contributed by atoms with Gasteiger partial charge in [-0.2, -0.15) is 0 Å². The number of hydrogen-bond acceptors (Lipinski definition) is 3. The van der Waals surface area contributed by atoms with Crippen LogP contribution in [-0.2, 0) is 5.41 Å². The van der Waals surface area contributed by atoms with Crippen LogP contribution in [-0.4, -0.2) is 0 Å². The fourth-order valence-corrected chi connectivity index (χ4v) is 10.3. The van der Waals surface area contributed by atoms with Crippen LogP contribution in [0.5, 0.6) is 11.5 Å². The second-order valence-corrected chi connectivity index (χ2v) is 16.0. The van der Waals surface area contributed by atoms with Crippen molar-refractivity contribution in [3.05, 3.63) is 235 Å². The predicted octanol–water partition coefficient (Wildman–Crippen LogP) is 15.5. The van der Waals surface area contributed by atoms with Gasteiger partial charge in [-0.1, -0.05) is 164 Å². The number of para-hydroxylation sites is 2. The third-order valence-corrected chi connectivity index (χ3v) is 12.9. The van der Waals surface area contributed by atoms with E-state index in [1.54, 1.807) is 0 Å². The first-order valence-electron chi connectivity index (χ1n) is 20.6. The monoisotopic (exact) mass is 765 g/mol. The zero-order chi connectivity index (χ0) is 39.4. The molecule has 0 N–H and O–H groups in total. The van der Waals surface area contributed by atoms with Gasteiger partial charge in [0.15, 0.2) is 0 Å². The molecule has 0 amide bonds. The summed E-state index contributed by atoms with van der Waals surface area (Å²) in [6.07, 6.45) is 0. The summed E-state index contributed by atoms with van der Waals surface area (Å²) in [5.41, 5.74) is 14.2. The van der Waals surface area contributed by atoms with Crippen LogP contribution in [0.25, 0.3) is 65.7 Å². The Morgan fingerprint density at radius 2 is 0.933 bits per heavy atom. The van der Waals surface area contributed by atoms with Gasteiger partial charge in [-0.05, 0) is 92.7 Å². The van der Waals surface area contributed by atoms with Gasteiger partial charge in [-0.15, -0.1) is 0 Å².